The summed E-state index contributed by atoms with van der Waals surface area (Å²) in [7, 11) is -1.51. The summed E-state index contributed by atoms with van der Waals surface area (Å²) in [6, 6.07) is -1.86. The Morgan fingerprint density at radius 3 is 2.06 bits per heavy atom. The molecule has 16 heteroatoms. The van der Waals surface area contributed by atoms with Crippen molar-refractivity contribution in [3.05, 3.63) is 23.3 Å². The first-order chi connectivity index (χ1) is 23.0. The van der Waals surface area contributed by atoms with Crippen LogP contribution in [0.3, 0.4) is 0 Å². The van der Waals surface area contributed by atoms with E-state index in [1.807, 2.05) is 41.5 Å². The number of methoxy groups -OCH3 is 2. The molecule has 0 fully saturated rings. The fraction of sp³-hybridized carbons (Fsp3) is 0.758. The van der Waals surface area contributed by atoms with E-state index in [9.17, 15) is 24.4 Å². The Balaban J connectivity index is 6.24. The molecule has 0 aliphatic carbocycles. The molecule has 0 spiro atoms. The van der Waals surface area contributed by atoms with Gasteiger partial charge in [0.1, 0.15) is 35.6 Å². The number of ether oxygens (including phenoxy) is 3. The van der Waals surface area contributed by atoms with E-state index in [2.05, 4.69) is 20.2 Å². The first-order valence-electron chi connectivity index (χ1n) is 16.9. The molecule has 0 aromatic heterocycles. The quantitative estimate of drug-likeness (QED) is 0.0343. The van der Waals surface area contributed by atoms with Crippen molar-refractivity contribution in [2.24, 2.45) is 33.3 Å². The van der Waals surface area contributed by atoms with Gasteiger partial charge < -0.3 is 40.4 Å². The van der Waals surface area contributed by atoms with Crippen LogP contribution in [0, 0.1) is 11.8 Å². The molecule has 49 heavy (non-hydrogen) atoms. The summed E-state index contributed by atoms with van der Waals surface area (Å²) in [5, 5.41) is 27.6. The van der Waals surface area contributed by atoms with Gasteiger partial charge in [0, 0.05) is 31.9 Å². The zero-order chi connectivity index (χ0) is 37.7. The van der Waals surface area contributed by atoms with Gasteiger partial charge in [0.25, 0.3) is 0 Å². The van der Waals surface area contributed by atoms with E-state index in [4.69, 9.17) is 30.2 Å². The summed E-state index contributed by atoms with van der Waals surface area (Å²) < 4.78 is 36.3. The van der Waals surface area contributed by atoms with Crippen LogP contribution in [0.4, 0.5) is 0 Å². The molecule has 284 valence electrons. The lowest BCUT2D eigenvalue weighted by atomic mass is 9.99. The summed E-state index contributed by atoms with van der Waals surface area (Å²) in [5.74, 6) is -0.391. The van der Waals surface area contributed by atoms with Gasteiger partial charge in [-0.3, -0.25) is 19.1 Å². The van der Waals surface area contributed by atoms with Gasteiger partial charge in [0.15, 0.2) is 0 Å². The fourth-order valence-electron chi connectivity index (χ4n) is 4.60. The third-order valence-corrected chi connectivity index (χ3v) is 8.82. The van der Waals surface area contributed by atoms with E-state index in [0.717, 1.165) is 0 Å². The highest BCUT2D eigenvalue weighted by Crippen LogP contribution is 2.41. The Morgan fingerprint density at radius 1 is 0.980 bits per heavy atom. The topological polar surface area (TPSA) is 229 Å². The molecule has 0 aromatic rings. The van der Waals surface area contributed by atoms with Crippen molar-refractivity contribution in [2.45, 2.75) is 124 Å². The maximum absolute atomic E-state index is 14.5. The van der Waals surface area contributed by atoms with Crippen LogP contribution in [0.2, 0.25) is 0 Å². The number of esters is 1. The van der Waals surface area contributed by atoms with Gasteiger partial charge in [-0.25, -0.2) is 10.2 Å². The average Bonchev–Trinajstić information content (AvgIpc) is 3.01. The smallest absolute Gasteiger partial charge is 0.342 e. The molecule has 6 atom stereocenters. The van der Waals surface area contributed by atoms with Crippen molar-refractivity contribution in [1.29, 1.82) is 0 Å². The number of Topliss-reactive ketones (excluding diaryl/α,β-unsaturated/α-hetero) is 1. The predicted molar refractivity (Wildman–Crippen MR) is 193 cm³/mol. The number of nitrogens with one attached hydrogen (secondary N) is 2. The second kappa shape index (κ2) is 24.5. The monoisotopic (exact) mass is 718 g/mol. The van der Waals surface area contributed by atoms with Gasteiger partial charge in [-0.15, -0.1) is 0 Å². The normalized spacial score (nSPS) is 17.8. The molecule has 0 aliphatic rings. The number of allylic oxidation sites excluding steroid dienone is 2. The second-order valence-corrected chi connectivity index (χ2v) is 14.4. The SMILES string of the molecule is CC/C=C(N)/N=C(OC)/C(N=CCC(O)C(O)C(COP(=O)(NC(CC(C)C)C(=O)CCC)NC(CC(C)C)C(=O)OCC)OC)=C(\C)N. The van der Waals surface area contributed by atoms with Gasteiger partial charge in [-0.05, 0) is 57.4 Å². The van der Waals surface area contributed by atoms with Gasteiger partial charge >= 0.3 is 13.6 Å². The minimum atomic E-state index is -4.20. The third kappa shape index (κ3) is 18.2. The van der Waals surface area contributed by atoms with Crippen molar-refractivity contribution in [1.82, 2.24) is 10.2 Å². The van der Waals surface area contributed by atoms with Gasteiger partial charge in [-0.2, -0.15) is 4.99 Å². The van der Waals surface area contributed by atoms with Gasteiger partial charge in [-0.1, -0.05) is 41.5 Å². The maximum atomic E-state index is 14.5. The number of hydrogen-bond donors (Lipinski definition) is 6. The van der Waals surface area contributed by atoms with E-state index in [1.165, 1.54) is 20.4 Å². The maximum Gasteiger partial charge on any atom is 0.342 e. The molecule has 15 nitrogen and oxygen atoms in total. The lowest BCUT2D eigenvalue weighted by Gasteiger charge is -2.32. The van der Waals surface area contributed by atoms with E-state index >= 15 is 0 Å². The number of nitrogens with zero attached hydrogens (tertiary/aromatic N) is 2. The minimum absolute atomic E-state index is 0.0173. The van der Waals surface area contributed by atoms with Crippen LogP contribution in [0.5, 0.6) is 0 Å². The molecule has 0 bridgehead atoms. The number of aliphatic hydroxyl groups is 2. The summed E-state index contributed by atoms with van der Waals surface area (Å²) >= 11 is 0. The molecule has 6 unspecified atom stereocenters. The number of rotatable bonds is 25. The lowest BCUT2D eigenvalue weighted by Crippen LogP contribution is -2.46. The van der Waals surface area contributed by atoms with E-state index in [0.29, 0.717) is 19.3 Å². The van der Waals surface area contributed by atoms with E-state index in [1.54, 1.807) is 19.9 Å². The third-order valence-electron chi connectivity index (χ3n) is 7.00. The van der Waals surface area contributed by atoms with Crippen molar-refractivity contribution in [3.63, 3.8) is 0 Å². The van der Waals surface area contributed by atoms with Crippen LogP contribution in [0.15, 0.2) is 33.3 Å². The number of nitrogens with two attached hydrogens (primary N) is 2. The molecule has 0 saturated carbocycles. The highest BCUT2D eigenvalue weighted by atomic mass is 31.2. The highest BCUT2D eigenvalue weighted by molar-refractivity contribution is 7.54. The predicted octanol–water partition coefficient (Wildman–Crippen LogP) is 3.69. The number of carbonyl (C=O) groups is 2. The van der Waals surface area contributed by atoms with Crippen LogP contribution in [-0.4, -0.2) is 91.9 Å². The molecule has 0 amide bonds. The zero-order valence-electron chi connectivity index (χ0n) is 31.1. The van der Waals surface area contributed by atoms with E-state index in [-0.39, 0.29) is 66.6 Å². The highest BCUT2D eigenvalue weighted by Gasteiger charge is 2.38. The molecule has 0 aromatic carbocycles. The number of aliphatic imine (C=N–C) groups is 2. The molecular formula is C33H63N6O9P. The number of hydrogen-bond acceptors (Lipinski definition) is 13. The van der Waals surface area contributed by atoms with Crippen molar-refractivity contribution < 1.29 is 43.1 Å². The van der Waals surface area contributed by atoms with Crippen molar-refractivity contribution in [2.75, 3.05) is 27.4 Å². The number of ketones is 1. The second-order valence-electron chi connectivity index (χ2n) is 12.5. The van der Waals surface area contributed by atoms with Gasteiger partial charge in [0.05, 0.1) is 32.5 Å². The van der Waals surface area contributed by atoms with Gasteiger partial charge in [0.2, 0.25) is 5.90 Å². The Morgan fingerprint density at radius 2 is 1.57 bits per heavy atom. The first kappa shape index (κ1) is 46.4. The summed E-state index contributed by atoms with van der Waals surface area (Å²) in [6.45, 7) is 14.3. The van der Waals surface area contributed by atoms with Crippen molar-refractivity contribution in [3.8, 4) is 0 Å². The molecule has 8 N–H and O–H groups in total. The number of aliphatic hydroxyl groups excluding tert-OH is 2. The summed E-state index contributed by atoms with van der Waals surface area (Å²) in [4.78, 5) is 34.4. The van der Waals surface area contributed by atoms with Crippen LogP contribution in [0.1, 0.15) is 93.9 Å². The molecule has 0 rings (SSSR count). The Labute approximate surface area is 292 Å². The van der Waals surface area contributed by atoms with Crippen LogP contribution in [0.25, 0.3) is 0 Å². The molecule has 0 radical (unpaired) electrons. The molecule has 0 aliphatic heterocycles. The minimum Gasteiger partial charge on any atom is -0.479 e. The van der Waals surface area contributed by atoms with Crippen molar-refractivity contribution >= 4 is 31.5 Å². The average molecular weight is 719 g/mol. The first-order valence-corrected chi connectivity index (χ1v) is 18.6. The molecular weight excluding hydrogens is 655 g/mol. The largest absolute Gasteiger partial charge is 0.479 e. The molecule has 0 saturated heterocycles. The van der Waals surface area contributed by atoms with Crippen LogP contribution >= 0.6 is 7.67 Å². The zero-order valence-corrected chi connectivity index (χ0v) is 32.0. The van der Waals surface area contributed by atoms with E-state index < -0.39 is 50.6 Å². The Hall–Kier alpha value is -2.65. The Bertz CT molecular complexity index is 1130. The summed E-state index contributed by atoms with van der Waals surface area (Å²) in [6.07, 6.45) is 0.918. The number of carbonyl (C=O) groups excluding carboxylic acids is 2. The van der Waals surface area contributed by atoms with Crippen LogP contribution < -0.4 is 21.6 Å². The van der Waals surface area contributed by atoms with Crippen LogP contribution in [-0.2, 0) is 32.9 Å². The Kier molecular flexibility index (Phi) is 23.2. The fourth-order valence-corrected chi connectivity index (χ4v) is 6.46. The standard InChI is InChI=1S/C33H63N6O9P/c1-11-14-26(40)24(18-21(4)5)38-49(44,39-25(19-22(6)7)33(43)47-13-3)48-20-28(45-9)31(42)27(41)16-17-36-30(23(8)34)32(46-10)37-29(35)15-12-2/h15,17,21-22,24-25,27-28,31,41-42H,11-14,16,18-20,34-35H2,1-10H3,(H2,38,39,44)/b29-15+,30-23-,36-17?,37-32-. The summed E-state index contributed by atoms with van der Waals surface area (Å²) in [5.41, 5.74) is 12.3. The molecule has 0 heterocycles. The lowest BCUT2D eigenvalue weighted by molar-refractivity contribution is -0.145.